The number of benzene rings is 3. The molecule has 5 nitrogen and oxygen atoms in total. The maximum Gasteiger partial charge on any atom is 0.293 e. The molecule has 2 amide bonds. The van der Waals surface area contributed by atoms with E-state index in [1.807, 2.05) is 42.5 Å². The minimum atomic E-state index is -0.300. The lowest BCUT2D eigenvalue weighted by Gasteiger charge is -2.14. The first-order chi connectivity index (χ1) is 14.1. The van der Waals surface area contributed by atoms with Gasteiger partial charge in [-0.3, -0.25) is 14.5 Å². The summed E-state index contributed by atoms with van der Waals surface area (Å²) in [6, 6.07) is 19.2. The highest BCUT2D eigenvalue weighted by Gasteiger charge is 2.35. The van der Waals surface area contributed by atoms with Crippen molar-refractivity contribution in [2.75, 3.05) is 14.2 Å². The number of imide groups is 1. The lowest BCUT2D eigenvalue weighted by atomic mass is 10.0. The molecule has 0 atom stereocenters. The molecule has 1 heterocycles. The molecule has 1 aliphatic rings. The van der Waals surface area contributed by atoms with Gasteiger partial charge in [0, 0.05) is 11.6 Å². The molecular weight excluding hydrogens is 386 g/mol. The van der Waals surface area contributed by atoms with Crippen LogP contribution in [0, 0.1) is 0 Å². The Balaban J connectivity index is 1.63. The molecule has 4 rings (SSSR count). The van der Waals surface area contributed by atoms with Crippen LogP contribution >= 0.6 is 11.8 Å². The van der Waals surface area contributed by atoms with Crippen LogP contribution in [0.1, 0.15) is 11.1 Å². The molecule has 3 aromatic carbocycles. The number of rotatable bonds is 5. The van der Waals surface area contributed by atoms with Crippen molar-refractivity contribution in [1.29, 1.82) is 0 Å². The Morgan fingerprint density at radius 1 is 0.966 bits per heavy atom. The third-order valence-corrected chi connectivity index (χ3v) is 5.72. The summed E-state index contributed by atoms with van der Waals surface area (Å²) in [7, 11) is 3.13. The number of thioether (sulfide) groups is 1. The number of nitrogens with zero attached hydrogens (tertiary/aromatic N) is 1. The van der Waals surface area contributed by atoms with Crippen LogP contribution in [0.2, 0.25) is 0 Å². The molecule has 146 valence electrons. The van der Waals surface area contributed by atoms with Gasteiger partial charge in [-0.25, -0.2) is 0 Å². The third kappa shape index (κ3) is 3.71. The SMILES string of the molecule is COc1ccc(/C=C2\SC(=O)N(Cc3cccc4ccccc34)C2=O)c(OC)c1. The number of fused-ring (bicyclic) bond motifs is 1. The highest BCUT2D eigenvalue weighted by atomic mass is 32.2. The Morgan fingerprint density at radius 3 is 2.55 bits per heavy atom. The van der Waals surface area contributed by atoms with Gasteiger partial charge in [-0.2, -0.15) is 0 Å². The summed E-state index contributed by atoms with van der Waals surface area (Å²) in [5.41, 5.74) is 1.65. The van der Waals surface area contributed by atoms with E-state index in [0.717, 1.165) is 28.1 Å². The number of carbonyl (C=O) groups is 2. The van der Waals surface area contributed by atoms with Gasteiger partial charge in [0.1, 0.15) is 11.5 Å². The molecule has 29 heavy (non-hydrogen) atoms. The maximum absolute atomic E-state index is 12.9. The van der Waals surface area contributed by atoms with Gasteiger partial charge < -0.3 is 9.47 Å². The number of hydrogen-bond donors (Lipinski definition) is 0. The van der Waals surface area contributed by atoms with E-state index < -0.39 is 0 Å². The summed E-state index contributed by atoms with van der Waals surface area (Å²) in [5, 5.41) is 1.84. The van der Waals surface area contributed by atoms with E-state index in [1.54, 1.807) is 38.5 Å². The fraction of sp³-hybridized carbons (Fsp3) is 0.130. The number of hydrogen-bond acceptors (Lipinski definition) is 5. The molecule has 0 aromatic heterocycles. The molecule has 0 bridgehead atoms. The fourth-order valence-corrected chi connectivity index (χ4v) is 4.15. The zero-order valence-corrected chi connectivity index (χ0v) is 16.9. The van der Waals surface area contributed by atoms with Gasteiger partial charge >= 0.3 is 0 Å². The largest absolute Gasteiger partial charge is 0.497 e. The summed E-state index contributed by atoms with van der Waals surface area (Å²) in [4.78, 5) is 27.2. The van der Waals surface area contributed by atoms with Gasteiger partial charge in [0.25, 0.3) is 11.1 Å². The van der Waals surface area contributed by atoms with E-state index in [1.165, 1.54) is 4.90 Å². The molecule has 0 radical (unpaired) electrons. The first kappa shape index (κ1) is 19.1. The van der Waals surface area contributed by atoms with Gasteiger partial charge in [0.15, 0.2) is 0 Å². The number of methoxy groups -OCH3 is 2. The third-order valence-electron chi connectivity index (χ3n) is 4.81. The van der Waals surface area contributed by atoms with Crippen molar-refractivity contribution in [1.82, 2.24) is 4.90 Å². The second kappa shape index (κ2) is 8.01. The van der Waals surface area contributed by atoms with E-state index in [-0.39, 0.29) is 17.7 Å². The zero-order valence-electron chi connectivity index (χ0n) is 16.0. The van der Waals surface area contributed by atoms with E-state index in [4.69, 9.17) is 9.47 Å². The van der Waals surface area contributed by atoms with Gasteiger partial charge in [-0.05, 0) is 46.3 Å². The molecule has 0 saturated carbocycles. The second-order valence-corrected chi connectivity index (χ2v) is 7.51. The quantitative estimate of drug-likeness (QED) is 0.553. The van der Waals surface area contributed by atoms with Gasteiger partial charge in [-0.15, -0.1) is 0 Å². The highest BCUT2D eigenvalue weighted by Crippen LogP contribution is 2.36. The standard InChI is InChI=1S/C23H19NO4S/c1-27-18-11-10-16(20(13-18)28-2)12-21-22(25)24(23(26)29-21)14-17-8-5-7-15-6-3-4-9-19(15)17/h3-13H,14H2,1-2H3/b21-12-. The average molecular weight is 405 g/mol. The van der Waals surface area contributed by atoms with Gasteiger partial charge in [0.05, 0.1) is 25.7 Å². The van der Waals surface area contributed by atoms with E-state index >= 15 is 0 Å². The lowest BCUT2D eigenvalue weighted by molar-refractivity contribution is -0.123. The van der Waals surface area contributed by atoms with E-state index in [2.05, 4.69) is 0 Å². The Kier molecular flexibility index (Phi) is 5.27. The van der Waals surface area contributed by atoms with E-state index in [0.29, 0.717) is 22.0 Å². The molecule has 1 saturated heterocycles. The molecule has 1 fully saturated rings. The van der Waals surface area contributed by atoms with Crippen molar-refractivity contribution < 1.29 is 19.1 Å². The van der Waals surface area contributed by atoms with Gasteiger partial charge in [0.2, 0.25) is 0 Å². The van der Waals surface area contributed by atoms with Crippen molar-refractivity contribution in [3.05, 3.63) is 76.7 Å². The number of amides is 2. The lowest BCUT2D eigenvalue weighted by Crippen LogP contribution is -2.27. The monoisotopic (exact) mass is 405 g/mol. The predicted molar refractivity (Wildman–Crippen MR) is 115 cm³/mol. The summed E-state index contributed by atoms with van der Waals surface area (Å²) in [6.45, 7) is 0.239. The van der Waals surface area contributed by atoms with Crippen LogP contribution < -0.4 is 9.47 Å². The van der Waals surface area contributed by atoms with Crippen molar-refractivity contribution >= 4 is 39.8 Å². The first-order valence-electron chi connectivity index (χ1n) is 9.04. The van der Waals surface area contributed by atoms with Crippen LogP contribution in [-0.4, -0.2) is 30.3 Å². The summed E-state index contributed by atoms with van der Waals surface area (Å²) >= 11 is 0.942. The molecule has 0 spiro atoms. The topological polar surface area (TPSA) is 55.8 Å². The number of ether oxygens (including phenoxy) is 2. The summed E-state index contributed by atoms with van der Waals surface area (Å²) in [6.07, 6.45) is 1.69. The zero-order chi connectivity index (χ0) is 20.4. The highest BCUT2D eigenvalue weighted by molar-refractivity contribution is 8.18. The van der Waals surface area contributed by atoms with Crippen LogP contribution in [0.25, 0.3) is 16.8 Å². The molecule has 6 heteroatoms. The Bertz CT molecular complexity index is 1130. The number of carbonyl (C=O) groups excluding carboxylic acids is 2. The molecule has 3 aromatic rings. The molecule has 1 aliphatic heterocycles. The smallest absolute Gasteiger partial charge is 0.293 e. The van der Waals surface area contributed by atoms with Crippen molar-refractivity contribution in [2.24, 2.45) is 0 Å². The van der Waals surface area contributed by atoms with Crippen LogP contribution in [0.15, 0.2) is 65.6 Å². The van der Waals surface area contributed by atoms with Crippen molar-refractivity contribution in [3.8, 4) is 11.5 Å². The van der Waals surface area contributed by atoms with Crippen LogP contribution in [0.4, 0.5) is 4.79 Å². The Morgan fingerprint density at radius 2 is 1.76 bits per heavy atom. The summed E-state index contributed by atoms with van der Waals surface area (Å²) < 4.78 is 10.6. The Labute approximate surface area is 172 Å². The molecule has 0 aliphatic carbocycles. The average Bonchev–Trinajstić information content (AvgIpc) is 3.01. The van der Waals surface area contributed by atoms with Gasteiger partial charge in [-0.1, -0.05) is 42.5 Å². The van der Waals surface area contributed by atoms with E-state index in [9.17, 15) is 9.59 Å². The minimum Gasteiger partial charge on any atom is -0.497 e. The normalized spacial score (nSPS) is 15.4. The molecule has 0 N–H and O–H groups in total. The van der Waals surface area contributed by atoms with Crippen LogP contribution in [-0.2, 0) is 11.3 Å². The van der Waals surface area contributed by atoms with Crippen molar-refractivity contribution in [3.63, 3.8) is 0 Å². The fourth-order valence-electron chi connectivity index (χ4n) is 3.32. The summed E-state index contributed by atoms with van der Waals surface area (Å²) in [5.74, 6) is 0.930. The first-order valence-corrected chi connectivity index (χ1v) is 9.86. The molecular formula is C23H19NO4S. The second-order valence-electron chi connectivity index (χ2n) is 6.51. The van der Waals surface area contributed by atoms with Crippen LogP contribution in [0.3, 0.4) is 0 Å². The van der Waals surface area contributed by atoms with Crippen molar-refractivity contribution in [2.45, 2.75) is 6.54 Å². The predicted octanol–water partition coefficient (Wildman–Crippen LogP) is 5.09. The minimum absolute atomic E-state index is 0.239. The maximum atomic E-state index is 12.9. The Hall–Kier alpha value is -3.25. The molecule has 0 unspecified atom stereocenters. The van der Waals surface area contributed by atoms with Crippen LogP contribution in [0.5, 0.6) is 11.5 Å².